The zero-order chi connectivity index (χ0) is 23.6. The van der Waals surface area contributed by atoms with Gasteiger partial charge >= 0.3 is 0 Å². The summed E-state index contributed by atoms with van der Waals surface area (Å²) >= 11 is 0. The summed E-state index contributed by atoms with van der Waals surface area (Å²) in [5.74, 6) is 0. The van der Waals surface area contributed by atoms with Gasteiger partial charge in [0.15, 0.2) is 18.9 Å². The average molecular weight is 450 g/mol. The third kappa shape index (κ3) is 8.33. The molecule has 0 unspecified atom stereocenters. The van der Waals surface area contributed by atoms with Crippen LogP contribution in [0.5, 0.6) is 0 Å². The third-order valence-electron chi connectivity index (χ3n) is 4.10. The van der Waals surface area contributed by atoms with Crippen LogP contribution in [0.1, 0.15) is 0 Å². The summed E-state index contributed by atoms with van der Waals surface area (Å²) in [7, 11) is 0. The summed E-state index contributed by atoms with van der Waals surface area (Å²) in [4.78, 5) is 9.76. The Labute approximate surface area is 170 Å². The van der Waals surface area contributed by atoms with Crippen molar-refractivity contribution in [2.45, 2.75) is 67.5 Å². The lowest BCUT2D eigenvalue weighted by molar-refractivity contribution is -0.133. The lowest BCUT2D eigenvalue weighted by Crippen LogP contribution is -2.40. The second kappa shape index (κ2) is 14.2. The largest absolute Gasteiger partial charge is 0.394 e. The fourth-order valence-corrected chi connectivity index (χ4v) is 2.18. The van der Waals surface area contributed by atoms with Gasteiger partial charge in [-0.2, -0.15) is 0 Å². The summed E-state index contributed by atoms with van der Waals surface area (Å²) in [6, 6.07) is 0. The minimum atomic E-state index is -1.64. The predicted molar refractivity (Wildman–Crippen MR) is 91.1 cm³/mol. The van der Waals surface area contributed by atoms with E-state index in [1.54, 1.807) is 0 Å². The zero-order valence-electron chi connectivity index (χ0n) is 15.6. The van der Waals surface area contributed by atoms with Crippen molar-refractivity contribution in [1.82, 2.24) is 0 Å². The van der Waals surface area contributed by atoms with Crippen LogP contribution in [0.2, 0.25) is 0 Å². The van der Waals surface area contributed by atoms with Crippen LogP contribution >= 0.6 is 0 Å². The molecule has 2 fully saturated rings. The first kappa shape index (κ1) is 29.1. The predicted octanol–water partition coefficient (Wildman–Crippen LogP) is -7.90. The molecule has 2 heterocycles. The number of aliphatic hydroxyl groups is 12. The topological polar surface area (TPSA) is 278 Å². The van der Waals surface area contributed by atoms with Crippen LogP contribution in [0.25, 0.3) is 0 Å². The van der Waals surface area contributed by atoms with E-state index >= 15 is 0 Å². The van der Waals surface area contributed by atoms with Crippen LogP contribution in [-0.2, 0) is 14.3 Å². The fourth-order valence-electron chi connectivity index (χ4n) is 2.18. The number of carbonyl (C=O) groups excluding carboxylic acids is 1. The molecule has 0 aromatic carbocycles. The van der Waals surface area contributed by atoms with Crippen LogP contribution in [0.4, 0.5) is 0 Å². The van der Waals surface area contributed by atoms with Crippen molar-refractivity contribution in [2.24, 2.45) is 0 Å². The molecule has 0 saturated carbocycles. The molecule has 180 valence electrons. The lowest BCUT2D eigenvalue weighted by atomic mass is 10.1. The Balaban J connectivity index is 0.000000420. The van der Waals surface area contributed by atoms with E-state index in [2.05, 4.69) is 9.47 Å². The molecule has 12 N–H and O–H groups in total. The van der Waals surface area contributed by atoms with E-state index in [1.165, 1.54) is 0 Å². The van der Waals surface area contributed by atoms with Crippen molar-refractivity contribution in [2.75, 3.05) is 19.8 Å². The van der Waals surface area contributed by atoms with Crippen LogP contribution in [0.15, 0.2) is 0 Å². The molecule has 0 radical (unpaired) electrons. The van der Waals surface area contributed by atoms with Crippen LogP contribution < -0.4 is 0 Å². The van der Waals surface area contributed by atoms with Gasteiger partial charge in [-0.3, -0.25) is 0 Å². The van der Waals surface area contributed by atoms with Crippen molar-refractivity contribution >= 4 is 6.29 Å². The van der Waals surface area contributed by atoms with Crippen LogP contribution in [-0.4, -0.2) is 155 Å². The molecule has 0 amide bonds. The quantitative estimate of drug-likeness (QED) is 0.167. The molecule has 2 rings (SSSR count). The summed E-state index contributed by atoms with van der Waals surface area (Å²) in [6.45, 7) is -1.50. The summed E-state index contributed by atoms with van der Waals surface area (Å²) in [5.41, 5.74) is 0. The first-order valence-corrected chi connectivity index (χ1v) is 8.68. The van der Waals surface area contributed by atoms with Crippen molar-refractivity contribution in [3.63, 3.8) is 0 Å². The smallest absolute Gasteiger partial charge is 0.184 e. The SMILES string of the molecule is O=C[C@H](O)[C@H](O)[C@H](O)CO.OC[C@@H]1O[C@H](O)[C@@H](O)[C@H]1O.OC[C@H]1O[C@H](O)[C@H](O)[C@@H]1O. The number of aldehydes is 1. The van der Waals surface area contributed by atoms with Crippen LogP contribution in [0.3, 0.4) is 0 Å². The summed E-state index contributed by atoms with van der Waals surface area (Å²) in [6.07, 6.45) is -14.1. The van der Waals surface area contributed by atoms with Gasteiger partial charge in [0.2, 0.25) is 0 Å². The third-order valence-corrected chi connectivity index (χ3v) is 4.10. The first-order valence-electron chi connectivity index (χ1n) is 8.68. The molecule has 0 aliphatic carbocycles. The van der Waals surface area contributed by atoms with Crippen molar-refractivity contribution in [3.05, 3.63) is 0 Å². The second-order valence-corrected chi connectivity index (χ2v) is 6.32. The molecule has 2 saturated heterocycles. The molecule has 2 aliphatic rings. The van der Waals surface area contributed by atoms with Gasteiger partial charge in [-0.05, 0) is 0 Å². The van der Waals surface area contributed by atoms with Crippen molar-refractivity contribution < 1.29 is 75.5 Å². The monoisotopic (exact) mass is 450 g/mol. The second-order valence-electron chi connectivity index (χ2n) is 6.32. The van der Waals surface area contributed by atoms with E-state index in [4.69, 9.17) is 61.3 Å². The van der Waals surface area contributed by atoms with Gasteiger partial charge < -0.3 is 75.5 Å². The Morgan fingerprint density at radius 1 is 0.700 bits per heavy atom. The molecule has 11 atom stereocenters. The highest BCUT2D eigenvalue weighted by molar-refractivity contribution is 5.56. The molecule has 0 aromatic heterocycles. The van der Waals surface area contributed by atoms with Gasteiger partial charge in [0, 0.05) is 0 Å². The Morgan fingerprint density at radius 3 is 1.23 bits per heavy atom. The molecule has 30 heavy (non-hydrogen) atoms. The molecular weight excluding hydrogens is 420 g/mol. The summed E-state index contributed by atoms with van der Waals surface area (Å²) < 4.78 is 9.08. The molecular formula is C15H30O15. The van der Waals surface area contributed by atoms with Gasteiger partial charge in [-0.25, -0.2) is 0 Å². The van der Waals surface area contributed by atoms with E-state index in [1.807, 2.05) is 0 Å². The number of aliphatic hydroxyl groups excluding tert-OH is 12. The van der Waals surface area contributed by atoms with Crippen LogP contribution in [0, 0.1) is 0 Å². The van der Waals surface area contributed by atoms with Gasteiger partial charge in [0.05, 0.1) is 19.8 Å². The Bertz CT molecular complexity index is 439. The van der Waals surface area contributed by atoms with E-state index in [-0.39, 0.29) is 6.29 Å². The molecule has 15 heteroatoms. The number of hydrogen-bond acceptors (Lipinski definition) is 15. The maximum Gasteiger partial charge on any atom is 0.184 e. The first-order chi connectivity index (χ1) is 14.0. The van der Waals surface area contributed by atoms with E-state index in [0.29, 0.717) is 0 Å². The van der Waals surface area contributed by atoms with Crippen molar-refractivity contribution in [1.29, 1.82) is 0 Å². The molecule has 15 nitrogen and oxygen atoms in total. The molecule has 0 bridgehead atoms. The standard InChI is InChI=1S/3C5H10O5/c2*6-1-2-3(7)4(8)5(9)10-2;6-1-3(8)5(10)4(9)2-7/h2*2-9H,1H2;1,3-5,7-10H,2H2/t2-,3-,4-,5+;2-,3-,4-,5-;3-,4+,5-/m100/s1. The molecule has 0 spiro atoms. The fraction of sp³-hybridized carbons (Fsp3) is 0.933. The van der Waals surface area contributed by atoms with Gasteiger partial charge in [-0.15, -0.1) is 0 Å². The Kier molecular flexibility index (Phi) is 13.8. The number of ether oxygens (including phenoxy) is 2. The Hall–Kier alpha value is -0.890. The average Bonchev–Trinajstić information content (AvgIpc) is 3.16. The van der Waals surface area contributed by atoms with Gasteiger partial charge in [0.25, 0.3) is 0 Å². The minimum Gasteiger partial charge on any atom is -0.394 e. The number of carbonyl (C=O) groups is 1. The highest BCUT2D eigenvalue weighted by Gasteiger charge is 2.41. The zero-order valence-corrected chi connectivity index (χ0v) is 15.6. The molecule has 0 aromatic rings. The van der Waals surface area contributed by atoms with Gasteiger partial charge in [-0.1, -0.05) is 0 Å². The normalized spacial score (nSPS) is 38.5. The lowest BCUT2D eigenvalue weighted by Gasteiger charge is -2.16. The highest BCUT2D eigenvalue weighted by Crippen LogP contribution is 2.19. The van der Waals surface area contributed by atoms with Crippen molar-refractivity contribution in [3.8, 4) is 0 Å². The maximum atomic E-state index is 9.76. The highest BCUT2D eigenvalue weighted by atomic mass is 16.7. The van der Waals surface area contributed by atoms with E-state index in [0.717, 1.165) is 0 Å². The minimum absolute atomic E-state index is 0.0869. The Morgan fingerprint density at radius 2 is 1.07 bits per heavy atom. The maximum absolute atomic E-state index is 9.76. The number of hydrogen-bond donors (Lipinski definition) is 12. The summed E-state index contributed by atoms with van der Waals surface area (Å²) in [5, 5.41) is 104. The van der Waals surface area contributed by atoms with E-state index in [9.17, 15) is 4.79 Å². The molecule has 2 aliphatic heterocycles. The van der Waals surface area contributed by atoms with E-state index < -0.39 is 87.3 Å². The number of rotatable bonds is 6. The van der Waals surface area contributed by atoms with Gasteiger partial charge in [0.1, 0.15) is 54.9 Å².